The van der Waals surface area contributed by atoms with E-state index < -0.39 is 16.6 Å². The summed E-state index contributed by atoms with van der Waals surface area (Å²) in [5, 5.41) is 6.07. The van der Waals surface area contributed by atoms with Gasteiger partial charge >= 0.3 is 21.0 Å². The molecule has 0 aliphatic rings. The summed E-state index contributed by atoms with van der Waals surface area (Å²) in [6.45, 7) is 0. The average Bonchev–Trinajstić information content (AvgIpc) is 3.40. The van der Waals surface area contributed by atoms with Crippen LogP contribution in [0.4, 0.5) is 13.2 Å². The maximum absolute atomic E-state index is 11.9. The van der Waals surface area contributed by atoms with E-state index >= 15 is 0 Å². The average molecular weight is 953 g/mol. The van der Waals surface area contributed by atoms with Crippen molar-refractivity contribution >= 4 is 58.2 Å². The molecular weight excluding hydrogens is 905 g/mol. The zero-order chi connectivity index (χ0) is 47.0. The van der Waals surface area contributed by atoms with Gasteiger partial charge in [-0.3, -0.25) is 0 Å². The third-order valence-electron chi connectivity index (χ3n) is 9.18. The Morgan fingerprint density at radius 2 is 0.446 bits per heavy atom. The van der Waals surface area contributed by atoms with Crippen LogP contribution in [0.5, 0.6) is 0 Å². The third kappa shape index (κ3) is 17.3. The van der Waals surface area contributed by atoms with Crippen molar-refractivity contribution in [2.45, 2.75) is 0 Å². The predicted octanol–water partition coefficient (Wildman–Crippen LogP) is 6.31. The van der Waals surface area contributed by atoms with Crippen LogP contribution in [-0.2, 0) is 21.0 Å². The number of hydrogen-bond donors (Lipinski definition) is 3. The molecule has 0 heterocycles. The van der Waals surface area contributed by atoms with Gasteiger partial charge in [-0.15, -0.1) is 36.4 Å². The van der Waals surface area contributed by atoms with E-state index in [1.807, 2.05) is 182 Å². The standard InChI is InChI=1S/2C18H16OSi.3C6H4F.H4OSi.O.V/c2*19-20(16-10-4-1-5-11-16,17-12-6-2-7-13-17)18-14-8-3-9-15-18;3*7-6-4-2-1-3-5-6;1-2;;/h2*1-15,19H;3*2-5H;1H,2H3;;/q;;3*-1;;;. The Hall–Kier alpha value is -6.31. The van der Waals surface area contributed by atoms with E-state index in [0.29, 0.717) is 10.5 Å². The SMILES string of the molecule is Fc1cc[c-]cc1.Fc1cc[c-]cc1.Fc1cc[c-]cc1.O[SiH3].O[Si](c1ccccc1)(c1ccccc1)c1ccccc1.O[Si](c1ccccc1)(c1ccccc1)c1ccccc1.[O]=[V]. The monoisotopic (exact) mass is 952 g/mol. The van der Waals surface area contributed by atoms with E-state index in [-0.39, 0.29) is 17.5 Å². The molecule has 0 fully saturated rings. The molecular formula is C54H48F3O4Si3V-3. The second kappa shape index (κ2) is 30.7. The zero-order valence-corrected chi connectivity index (χ0v) is 41.0. The summed E-state index contributed by atoms with van der Waals surface area (Å²) in [6, 6.07) is 85.4. The number of halogens is 3. The van der Waals surface area contributed by atoms with Gasteiger partial charge in [-0.1, -0.05) is 182 Å². The van der Waals surface area contributed by atoms with Crippen molar-refractivity contribution < 1.29 is 48.6 Å². The topological polar surface area (TPSA) is 77.8 Å². The minimum atomic E-state index is -2.88. The van der Waals surface area contributed by atoms with Crippen LogP contribution in [0.15, 0.2) is 255 Å². The van der Waals surface area contributed by atoms with E-state index in [0.717, 1.165) is 48.5 Å². The first-order chi connectivity index (χ1) is 31.8. The summed E-state index contributed by atoms with van der Waals surface area (Å²) in [4.78, 5) is 30.3. The Labute approximate surface area is 395 Å². The van der Waals surface area contributed by atoms with Crippen molar-refractivity contribution in [1.29, 1.82) is 0 Å². The van der Waals surface area contributed by atoms with Gasteiger partial charge in [0.25, 0.3) is 16.6 Å². The summed E-state index contributed by atoms with van der Waals surface area (Å²) in [5.74, 6) is -0.628. The number of rotatable bonds is 6. The molecule has 3 N–H and O–H groups in total. The molecule has 0 atom stereocenters. The molecule has 0 saturated carbocycles. The van der Waals surface area contributed by atoms with E-state index in [1.165, 1.54) is 72.8 Å². The van der Waals surface area contributed by atoms with Crippen LogP contribution in [0.25, 0.3) is 0 Å². The molecule has 0 aromatic heterocycles. The van der Waals surface area contributed by atoms with Gasteiger partial charge < -0.3 is 14.4 Å². The second-order valence-corrected chi connectivity index (χ2v) is 19.6. The maximum atomic E-state index is 11.9. The van der Waals surface area contributed by atoms with E-state index in [9.17, 15) is 22.8 Å². The van der Waals surface area contributed by atoms with Crippen LogP contribution in [0, 0.1) is 35.7 Å². The molecule has 9 rings (SSSR count). The van der Waals surface area contributed by atoms with Gasteiger partial charge in [0.05, 0.1) is 0 Å². The van der Waals surface area contributed by atoms with E-state index in [1.54, 1.807) is 0 Å². The quantitative estimate of drug-likeness (QED) is 0.104. The fourth-order valence-electron chi connectivity index (χ4n) is 6.18. The molecule has 9 aromatic rings. The minimum absolute atomic E-state index is 0.209. The Kier molecular flexibility index (Phi) is 25.1. The summed E-state index contributed by atoms with van der Waals surface area (Å²) in [6.07, 6.45) is 0. The van der Waals surface area contributed by atoms with Crippen molar-refractivity contribution in [3.05, 3.63) is 290 Å². The molecule has 0 bridgehead atoms. The zero-order valence-electron chi connectivity index (χ0n) is 35.6. The van der Waals surface area contributed by atoms with Crippen LogP contribution < -0.4 is 31.1 Å². The first-order valence-corrected chi connectivity index (χ1v) is 25.4. The van der Waals surface area contributed by atoms with Gasteiger partial charge in [0.2, 0.25) is 0 Å². The first-order valence-electron chi connectivity index (χ1n) is 20.1. The fourth-order valence-corrected chi connectivity index (χ4v) is 12.2. The van der Waals surface area contributed by atoms with Gasteiger partial charge in [-0.2, -0.15) is 54.6 Å². The summed E-state index contributed by atoms with van der Waals surface area (Å²) < 4.78 is 43.8. The number of benzene rings is 9. The molecule has 11 heteroatoms. The van der Waals surface area contributed by atoms with Gasteiger partial charge in [-0.25, -0.2) is 13.2 Å². The third-order valence-corrected chi connectivity index (χ3v) is 16.2. The molecule has 0 aliphatic carbocycles. The van der Waals surface area contributed by atoms with Gasteiger partial charge in [0.1, 0.15) is 10.5 Å². The summed E-state index contributed by atoms with van der Waals surface area (Å²) >= 11 is 1.06. The molecule has 0 unspecified atom stereocenters. The van der Waals surface area contributed by atoms with Crippen LogP contribution in [-0.4, -0.2) is 41.5 Å². The summed E-state index contributed by atoms with van der Waals surface area (Å²) in [5.41, 5.74) is 0. The van der Waals surface area contributed by atoms with Gasteiger partial charge in [0, 0.05) is 17.5 Å². The second-order valence-electron chi connectivity index (χ2n) is 13.3. The molecule has 329 valence electrons. The van der Waals surface area contributed by atoms with Crippen molar-refractivity contribution in [2.24, 2.45) is 0 Å². The molecule has 65 heavy (non-hydrogen) atoms. The Morgan fingerprint density at radius 3 is 0.554 bits per heavy atom. The Bertz CT molecular complexity index is 2120. The number of hydrogen-bond acceptors (Lipinski definition) is 4. The van der Waals surface area contributed by atoms with Gasteiger partial charge in [0.15, 0.2) is 0 Å². The molecule has 0 aliphatic heterocycles. The fraction of sp³-hybridized carbons (Fsp3) is 0. The summed E-state index contributed by atoms with van der Waals surface area (Å²) in [7, 11) is -5.45. The van der Waals surface area contributed by atoms with Crippen molar-refractivity contribution in [2.75, 3.05) is 0 Å². The molecule has 0 saturated heterocycles. The van der Waals surface area contributed by atoms with Crippen LogP contribution in [0.3, 0.4) is 0 Å². The van der Waals surface area contributed by atoms with E-state index in [2.05, 4.69) is 18.2 Å². The molecule has 0 spiro atoms. The van der Waals surface area contributed by atoms with Crippen LogP contribution in [0.1, 0.15) is 0 Å². The van der Waals surface area contributed by atoms with Crippen molar-refractivity contribution in [3.63, 3.8) is 0 Å². The predicted molar refractivity (Wildman–Crippen MR) is 261 cm³/mol. The first kappa shape index (κ1) is 53.0. The van der Waals surface area contributed by atoms with Gasteiger partial charge in [-0.05, 0) is 31.1 Å². The molecule has 9 aromatic carbocycles. The van der Waals surface area contributed by atoms with Crippen LogP contribution in [0.2, 0.25) is 0 Å². The van der Waals surface area contributed by atoms with E-state index in [4.69, 9.17) is 8.47 Å². The molecule has 4 nitrogen and oxygen atoms in total. The molecule has 0 amide bonds. The Morgan fingerprint density at radius 1 is 0.308 bits per heavy atom. The Balaban J connectivity index is 0.000000230. The van der Waals surface area contributed by atoms with Crippen molar-refractivity contribution in [1.82, 2.24) is 0 Å². The normalized spacial score (nSPS) is 9.92. The van der Waals surface area contributed by atoms with Crippen molar-refractivity contribution in [3.8, 4) is 0 Å². The molecule has 0 radical (unpaired) electrons. The van der Waals surface area contributed by atoms with Crippen LogP contribution >= 0.6 is 0 Å².